The fraction of sp³-hybridized carbons (Fsp3) is 0.611. The first-order chi connectivity index (χ1) is 12.0. The number of aliphatic imine (C=N–C) groups is 1. The first-order valence-corrected chi connectivity index (χ1v) is 8.86. The predicted molar refractivity (Wildman–Crippen MR) is 102 cm³/mol. The molecule has 25 heavy (non-hydrogen) atoms. The highest BCUT2D eigenvalue weighted by Crippen LogP contribution is 2.12. The third-order valence-corrected chi connectivity index (χ3v) is 4.08. The molecular formula is C18H30N6O. The first-order valence-electron chi connectivity index (χ1n) is 8.86. The number of nitrogens with one attached hydrogen (secondary N) is 1. The molecule has 0 bridgehead atoms. The molecule has 1 aromatic rings. The van der Waals surface area contributed by atoms with Gasteiger partial charge >= 0.3 is 0 Å². The van der Waals surface area contributed by atoms with E-state index >= 15 is 0 Å². The molecule has 1 fully saturated rings. The molecule has 1 N–H and O–H groups in total. The molecule has 0 spiro atoms. The number of carbonyl (C=O) groups excluding carboxylic acids is 1. The molecule has 2 rings (SSSR count). The number of hydrogen-bond donors (Lipinski definition) is 1. The van der Waals surface area contributed by atoms with Gasteiger partial charge in [0.1, 0.15) is 12.4 Å². The van der Waals surface area contributed by atoms with Crippen molar-refractivity contribution in [2.24, 2.45) is 10.9 Å². The van der Waals surface area contributed by atoms with Crippen LogP contribution in [0.1, 0.15) is 13.8 Å². The summed E-state index contributed by atoms with van der Waals surface area (Å²) in [6.45, 7) is 8.84. The Morgan fingerprint density at radius 3 is 2.56 bits per heavy atom. The molecule has 0 unspecified atom stereocenters. The topological polar surface area (TPSA) is 64.1 Å². The molecule has 1 saturated heterocycles. The van der Waals surface area contributed by atoms with E-state index in [0.29, 0.717) is 5.92 Å². The number of rotatable bonds is 5. The van der Waals surface area contributed by atoms with Crippen molar-refractivity contribution in [3.8, 4) is 0 Å². The summed E-state index contributed by atoms with van der Waals surface area (Å²) >= 11 is 0. The highest BCUT2D eigenvalue weighted by Gasteiger charge is 2.21. The molecule has 1 amide bonds. The van der Waals surface area contributed by atoms with E-state index in [2.05, 4.69) is 38.9 Å². The van der Waals surface area contributed by atoms with Crippen LogP contribution in [-0.4, -0.2) is 80.0 Å². The van der Waals surface area contributed by atoms with E-state index in [4.69, 9.17) is 0 Å². The van der Waals surface area contributed by atoms with Crippen LogP contribution in [0.4, 0.5) is 5.82 Å². The number of aromatic nitrogens is 1. The van der Waals surface area contributed by atoms with Gasteiger partial charge in [-0.1, -0.05) is 19.9 Å². The van der Waals surface area contributed by atoms with Crippen LogP contribution in [0.25, 0.3) is 0 Å². The van der Waals surface area contributed by atoms with Crippen molar-refractivity contribution in [1.29, 1.82) is 0 Å². The number of pyridine rings is 1. The Hall–Kier alpha value is -2.31. The van der Waals surface area contributed by atoms with E-state index in [9.17, 15) is 4.79 Å². The molecule has 1 aliphatic rings. The van der Waals surface area contributed by atoms with Gasteiger partial charge in [0.2, 0.25) is 5.91 Å². The minimum absolute atomic E-state index is 0.0102. The fourth-order valence-corrected chi connectivity index (χ4v) is 2.54. The van der Waals surface area contributed by atoms with Gasteiger partial charge < -0.3 is 20.0 Å². The molecule has 2 heterocycles. The summed E-state index contributed by atoms with van der Waals surface area (Å²) in [5, 5.41) is 3.41. The van der Waals surface area contributed by atoms with Crippen molar-refractivity contribution in [3.05, 3.63) is 24.4 Å². The third-order valence-electron chi connectivity index (χ3n) is 4.08. The fourth-order valence-electron chi connectivity index (χ4n) is 2.54. The smallest absolute Gasteiger partial charge is 0.243 e. The predicted octanol–water partition coefficient (Wildman–Crippen LogP) is 0.893. The van der Waals surface area contributed by atoms with Crippen molar-refractivity contribution in [1.82, 2.24) is 20.1 Å². The van der Waals surface area contributed by atoms with Crippen LogP contribution in [0, 0.1) is 5.92 Å². The van der Waals surface area contributed by atoms with E-state index in [1.54, 1.807) is 19.0 Å². The Morgan fingerprint density at radius 1 is 1.28 bits per heavy atom. The van der Waals surface area contributed by atoms with Crippen LogP contribution in [0.3, 0.4) is 0 Å². The maximum Gasteiger partial charge on any atom is 0.243 e. The normalized spacial score (nSPS) is 15.5. The van der Waals surface area contributed by atoms with Crippen LogP contribution >= 0.6 is 0 Å². The second-order valence-electron chi connectivity index (χ2n) is 6.86. The summed E-state index contributed by atoms with van der Waals surface area (Å²) in [7, 11) is 3.51. The van der Waals surface area contributed by atoms with Gasteiger partial charge in [0.25, 0.3) is 0 Å². The lowest BCUT2D eigenvalue weighted by molar-refractivity contribution is -0.127. The average Bonchev–Trinajstić information content (AvgIpc) is 2.62. The Bertz CT molecular complexity index is 564. The standard InChI is InChI=1S/C18H30N6O/c1-15(2)13-20-18(21-14-17(25)22(3)4)24-11-9-23(10-12-24)16-7-5-6-8-19-16/h5-8,15H,9-14H2,1-4H3,(H,20,21). The van der Waals surface area contributed by atoms with Crippen molar-refractivity contribution < 1.29 is 4.79 Å². The highest BCUT2D eigenvalue weighted by atomic mass is 16.2. The summed E-state index contributed by atoms with van der Waals surface area (Å²) in [5.74, 6) is 2.36. The summed E-state index contributed by atoms with van der Waals surface area (Å²) in [5.41, 5.74) is 0. The molecule has 0 saturated carbocycles. The molecule has 1 aliphatic heterocycles. The molecule has 7 heteroatoms. The first kappa shape index (κ1) is 19.0. The monoisotopic (exact) mass is 346 g/mol. The lowest BCUT2D eigenvalue weighted by Gasteiger charge is -2.37. The van der Waals surface area contributed by atoms with Crippen molar-refractivity contribution in [2.75, 3.05) is 58.3 Å². The SMILES string of the molecule is CC(C)CNC(=NCC(=O)N(C)C)N1CCN(c2ccccn2)CC1. The Balaban J connectivity index is 1.98. The van der Waals surface area contributed by atoms with Gasteiger partial charge in [0, 0.05) is 53.0 Å². The van der Waals surface area contributed by atoms with Gasteiger partial charge in [0.05, 0.1) is 0 Å². The molecule has 0 radical (unpaired) electrons. The number of piperazine rings is 1. The van der Waals surface area contributed by atoms with Gasteiger partial charge in [-0.15, -0.1) is 0 Å². The van der Waals surface area contributed by atoms with E-state index < -0.39 is 0 Å². The molecule has 0 aromatic carbocycles. The number of amides is 1. The second-order valence-corrected chi connectivity index (χ2v) is 6.86. The minimum atomic E-state index is 0.0102. The van der Waals surface area contributed by atoms with E-state index in [0.717, 1.165) is 44.5 Å². The van der Waals surface area contributed by atoms with Crippen molar-refractivity contribution >= 4 is 17.7 Å². The third kappa shape index (κ3) is 5.92. The average molecular weight is 346 g/mol. The van der Waals surface area contributed by atoms with Gasteiger partial charge in [-0.25, -0.2) is 9.98 Å². The largest absolute Gasteiger partial charge is 0.356 e. The lowest BCUT2D eigenvalue weighted by Crippen LogP contribution is -2.53. The van der Waals surface area contributed by atoms with Gasteiger partial charge in [-0.05, 0) is 18.1 Å². The Labute approximate surface area is 150 Å². The molecule has 0 aliphatic carbocycles. The number of nitrogens with zero attached hydrogens (tertiary/aromatic N) is 5. The molecule has 138 valence electrons. The Kier molecular flexibility index (Phi) is 7.03. The van der Waals surface area contributed by atoms with Crippen LogP contribution in [0.2, 0.25) is 0 Å². The number of anilines is 1. The van der Waals surface area contributed by atoms with Crippen molar-refractivity contribution in [2.45, 2.75) is 13.8 Å². The van der Waals surface area contributed by atoms with Crippen LogP contribution in [0.5, 0.6) is 0 Å². The van der Waals surface area contributed by atoms with Crippen LogP contribution < -0.4 is 10.2 Å². The number of carbonyl (C=O) groups is 1. The quantitative estimate of drug-likeness (QED) is 0.634. The Morgan fingerprint density at radius 2 is 2.00 bits per heavy atom. The summed E-state index contributed by atoms with van der Waals surface area (Å²) in [6.07, 6.45) is 1.83. The maximum atomic E-state index is 11.9. The molecule has 0 atom stereocenters. The van der Waals surface area contributed by atoms with Gasteiger partial charge in [-0.2, -0.15) is 0 Å². The van der Waals surface area contributed by atoms with E-state index in [-0.39, 0.29) is 12.5 Å². The molecule has 7 nitrogen and oxygen atoms in total. The van der Waals surface area contributed by atoms with E-state index in [1.165, 1.54) is 0 Å². The van der Waals surface area contributed by atoms with Crippen LogP contribution in [0.15, 0.2) is 29.4 Å². The number of likely N-dealkylation sites (N-methyl/N-ethyl adjacent to an activating group) is 1. The van der Waals surface area contributed by atoms with Gasteiger partial charge in [-0.3, -0.25) is 4.79 Å². The van der Waals surface area contributed by atoms with Crippen molar-refractivity contribution in [3.63, 3.8) is 0 Å². The highest BCUT2D eigenvalue weighted by molar-refractivity contribution is 5.85. The second kappa shape index (κ2) is 9.25. The number of hydrogen-bond acceptors (Lipinski definition) is 4. The molecular weight excluding hydrogens is 316 g/mol. The molecule has 1 aromatic heterocycles. The lowest BCUT2D eigenvalue weighted by atomic mass is 10.2. The zero-order valence-electron chi connectivity index (χ0n) is 15.8. The number of guanidine groups is 1. The minimum Gasteiger partial charge on any atom is -0.356 e. The zero-order valence-corrected chi connectivity index (χ0v) is 15.8. The zero-order chi connectivity index (χ0) is 18.2. The summed E-state index contributed by atoms with van der Waals surface area (Å²) in [6, 6.07) is 5.98. The van der Waals surface area contributed by atoms with E-state index in [1.807, 2.05) is 24.4 Å². The van der Waals surface area contributed by atoms with Gasteiger partial charge in [0.15, 0.2) is 5.96 Å². The summed E-state index contributed by atoms with van der Waals surface area (Å²) < 4.78 is 0. The summed E-state index contributed by atoms with van der Waals surface area (Å²) in [4.78, 5) is 26.9. The maximum absolute atomic E-state index is 11.9. The van der Waals surface area contributed by atoms with Crippen LogP contribution in [-0.2, 0) is 4.79 Å².